The molecule has 4 nitrogen and oxygen atoms in total. The molecule has 1 saturated heterocycles. The summed E-state index contributed by atoms with van der Waals surface area (Å²) in [7, 11) is 0. The Bertz CT molecular complexity index is 397. The highest BCUT2D eigenvalue weighted by atomic mass is 15.3. The third kappa shape index (κ3) is 3.61. The van der Waals surface area contributed by atoms with Gasteiger partial charge in [0.05, 0.1) is 11.7 Å². The summed E-state index contributed by atoms with van der Waals surface area (Å²) in [6.45, 7) is 9.65. The van der Waals surface area contributed by atoms with Crippen LogP contribution in [-0.4, -0.2) is 33.8 Å². The minimum absolute atomic E-state index is 0.525. The predicted molar refractivity (Wildman–Crippen MR) is 83.5 cm³/mol. The van der Waals surface area contributed by atoms with Gasteiger partial charge in [0, 0.05) is 25.3 Å². The minimum atomic E-state index is 0.525. The van der Waals surface area contributed by atoms with E-state index >= 15 is 0 Å². The van der Waals surface area contributed by atoms with E-state index < -0.39 is 0 Å². The fourth-order valence-corrected chi connectivity index (χ4v) is 3.29. The van der Waals surface area contributed by atoms with E-state index in [-0.39, 0.29) is 0 Å². The second-order valence-electron chi connectivity index (χ2n) is 6.25. The topological polar surface area (TPSA) is 47.1 Å². The highest BCUT2D eigenvalue weighted by molar-refractivity contribution is 5.01. The van der Waals surface area contributed by atoms with Crippen LogP contribution in [0.15, 0.2) is 12.3 Å². The van der Waals surface area contributed by atoms with E-state index in [1.54, 1.807) is 0 Å². The van der Waals surface area contributed by atoms with Crippen LogP contribution in [0.5, 0.6) is 0 Å². The van der Waals surface area contributed by atoms with E-state index in [2.05, 4.69) is 42.6 Å². The van der Waals surface area contributed by atoms with Crippen molar-refractivity contribution in [2.75, 3.05) is 13.1 Å². The van der Waals surface area contributed by atoms with Gasteiger partial charge in [-0.25, -0.2) is 0 Å². The van der Waals surface area contributed by atoms with Gasteiger partial charge in [-0.15, -0.1) is 0 Å². The first-order chi connectivity index (χ1) is 9.67. The minimum Gasteiger partial charge on any atom is -0.329 e. The number of hydrogen-bond donors (Lipinski definition) is 1. The smallest absolute Gasteiger partial charge is 0.0765 e. The summed E-state index contributed by atoms with van der Waals surface area (Å²) in [5.41, 5.74) is 7.12. The summed E-state index contributed by atoms with van der Waals surface area (Å²) in [5, 5.41) is 4.77. The van der Waals surface area contributed by atoms with Gasteiger partial charge in [-0.3, -0.25) is 9.58 Å². The Labute approximate surface area is 123 Å². The van der Waals surface area contributed by atoms with Crippen molar-refractivity contribution in [2.24, 2.45) is 11.7 Å². The maximum atomic E-state index is 5.94. The Morgan fingerprint density at radius 1 is 1.40 bits per heavy atom. The third-order valence-corrected chi connectivity index (χ3v) is 4.72. The van der Waals surface area contributed by atoms with Gasteiger partial charge in [-0.05, 0) is 44.2 Å². The van der Waals surface area contributed by atoms with E-state index in [4.69, 9.17) is 10.8 Å². The molecular weight excluding hydrogens is 248 g/mol. The van der Waals surface area contributed by atoms with Crippen molar-refractivity contribution in [2.45, 2.75) is 65.1 Å². The van der Waals surface area contributed by atoms with Gasteiger partial charge in [0.25, 0.3) is 0 Å². The van der Waals surface area contributed by atoms with Crippen molar-refractivity contribution in [3.8, 4) is 0 Å². The number of piperidine rings is 1. The molecular formula is C16H30N4. The highest BCUT2D eigenvalue weighted by Crippen LogP contribution is 2.23. The Kier molecular flexibility index (Phi) is 5.61. The van der Waals surface area contributed by atoms with Crippen LogP contribution >= 0.6 is 0 Å². The number of likely N-dealkylation sites (tertiary alicyclic amines) is 1. The van der Waals surface area contributed by atoms with E-state index in [1.807, 2.05) is 0 Å². The molecule has 0 aliphatic carbocycles. The summed E-state index contributed by atoms with van der Waals surface area (Å²) in [4.78, 5) is 2.51. The average molecular weight is 278 g/mol. The van der Waals surface area contributed by atoms with Crippen LogP contribution in [0.3, 0.4) is 0 Å². The normalized spacial score (nSPS) is 24.4. The van der Waals surface area contributed by atoms with Crippen LogP contribution < -0.4 is 5.73 Å². The summed E-state index contributed by atoms with van der Waals surface area (Å²) in [6.07, 6.45) is 6.93. The quantitative estimate of drug-likeness (QED) is 0.870. The van der Waals surface area contributed by atoms with Gasteiger partial charge in [0.15, 0.2) is 0 Å². The van der Waals surface area contributed by atoms with Gasteiger partial charge in [0.1, 0.15) is 0 Å². The Balaban J connectivity index is 1.99. The molecule has 2 rings (SSSR count). The highest BCUT2D eigenvalue weighted by Gasteiger charge is 2.25. The zero-order valence-corrected chi connectivity index (χ0v) is 13.3. The summed E-state index contributed by atoms with van der Waals surface area (Å²) >= 11 is 0. The molecule has 20 heavy (non-hydrogen) atoms. The van der Waals surface area contributed by atoms with E-state index in [1.165, 1.54) is 18.5 Å². The lowest BCUT2D eigenvalue weighted by molar-refractivity contribution is 0.113. The van der Waals surface area contributed by atoms with Crippen LogP contribution in [0.4, 0.5) is 0 Å². The van der Waals surface area contributed by atoms with Crippen LogP contribution in [-0.2, 0) is 6.54 Å². The molecule has 114 valence electrons. The Hall–Kier alpha value is -0.870. The fourth-order valence-electron chi connectivity index (χ4n) is 3.29. The lowest BCUT2D eigenvalue weighted by Crippen LogP contribution is -2.45. The Morgan fingerprint density at radius 3 is 2.80 bits per heavy atom. The molecule has 1 aromatic heterocycles. The van der Waals surface area contributed by atoms with Gasteiger partial charge in [-0.1, -0.05) is 20.8 Å². The molecule has 0 saturated carbocycles. The molecule has 1 aliphatic heterocycles. The maximum absolute atomic E-state index is 5.94. The van der Waals surface area contributed by atoms with Crippen molar-refractivity contribution < 1.29 is 0 Å². The van der Waals surface area contributed by atoms with Crippen LogP contribution in [0, 0.1) is 5.92 Å². The number of hydrogen-bond acceptors (Lipinski definition) is 3. The molecule has 2 atom stereocenters. The molecule has 1 aliphatic rings. The van der Waals surface area contributed by atoms with Crippen LogP contribution in [0.1, 0.15) is 58.2 Å². The first-order valence-electron chi connectivity index (χ1n) is 8.16. The molecule has 0 radical (unpaired) electrons. The van der Waals surface area contributed by atoms with E-state index in [0.717, 1.165) is 38.4 Å². The second-order valence-corrected chi connectivity index (χ2v) is 6.25. The first kappa shape index (κ1) is 15.5. The summed E-state index contributed by atoms with van der Waals surface area (Å²) in [5.74, 6) is 0.807. The van der Waals surface area contributed by atoms with Crippen molar-refractivity contribution in [3.63, 3.8) is 0 Å². The molecule has 0 spiro atoms. The molecule has 4 heteroatoms. The summed E-state index contributed by atoms with van der Waals surface area (Å²) < 4.78 is 2.14. The van der Waals surface area contributed by atoms with Gasteiger partial charge < -0.3 is 5.73 Å². The molecule has 0 amide bonds. The number of nitrogens with zero attached hydrogens (tertiary/aromatic N) is 3. The zero-order valence-electron chi connectivity index (χ0n) is 13.3. The number of aromatic nitrogens is 2. The number of rotatable bonds is 6. The van der Waals surface area contributed by atoms with Crippen molar-refractivity contribution in [1.29, 1.82) is 0 Å². The van der Waals surface area contributed by atoms with Crippen LogP contribution in [0.25, 0.3) is 0 Å². The molecule has 1 aromatic rings. The number of nitrogens with two attached hydrogens (primary N) is 1. The summed E-state index contributed by atoms with van der Waals surface area (Å²) in [6, 6.07) is 3.23. The standard InChI is InChI=1S/C16H30N4/c1-4-15(5-2)20-9-7-14(18-20)12-19-8-6-13(3)10-16(19)11-17/h7,9,13,15-16H,4-6,8,10-12,17H2,1-3H3. The van der Waals surface area contributed by atoms with Crippen molar-refractivity contribution in [1.82, 2.24) is 14.7 Å². The lowest BCUT2D eigenvalue weighted by atomic mass is 9.92. The lowest BCUT2D eigenvalue weighted by Gasteiger charge is -2.37. The third-order valence-electron chi connectivity index (χ3n) is 4.72. The van der Waals surface area contributed by atoms with Crippen molar-refractivity contribution >= 4 is 0 Å². The average Bonchev–Trinajstić information content (AvgIpc) is 2.90. The molecule has 0 aromatic carbocycles. The first-order valence-corrected chi connectivity index (χ1v) is 8.16. The van der Waals surface area contributed by atoms with Crippen molar-refractivity contribution in [3.05, 3.63) is 18.0 Å². The van der Waals surface area contributed by atoms with E-state index in [0.29, 0.717) is 12.1 Å². The fraction of sp³-hybridized carbons (Fsp3) is 0.812. The maximum Gasteiger partial charge on any atom is 0.0765 e. The molecule has 2 N–H and O–H groups in total. The SMILES string of the molecule is CCC(CC)n1ccc(CN2CCC(C)CC2CN)n1. The zero-order chi connectivity index (χ0) is 14.5. The van der Waals surface area contributed by atoms with Gasteiger partial charge >= 0.3 is 0 Å². The molecule has 0 bridgehead atoms. The van der Waals surface area contributed by atoms with Gasteiger partial charge in [0.2, 0.25) is 0 Å². The van der Waals surface area contributed by atoms with Gasteiger partial charge in [-0.2, -0.15) is 5.10 Å². The molecule has 2 heterocycles. The van der Waals surface area contributed by atoms with Crippen LogP contribution in [0.2, 0.25) is 0 Å². The monoisotopic (exact) mass is 278 g/mol. The Morgan fingerprint density at radius 2 is 2.15 bits per heavy atom. The molecule has 2 unspecified atom stereocenters. The molecule has 1 fully saturated rings. The largest absolute Gasteiger partial charge is 0.329 e. The second kappa shape index (κ2) is 7.23. The van der Waals surface area contributed by atoms with E-state index in [9.17, 15) is 0 Å². The predicted octanol–water partition coefficient (Wildman–Crippen LogP) is 2.80.